The summed E-state index contributed by atoms with van der Waals surface area (Å²) in [5, 5.41) is 0. The van der Waals surface area contributed by atoms with E-state index in [2.05, 4.69) is 11.1 Å². The number of rotatable bonds is 10. The first-order valence-corrected chi connectivity index (χ1v) is 10.5. The third-order valence-electron chi connectivity index (χ3n) is 5.29. The third kappa shape index (κ3) is 6.18. The van der Waals surface area contributed by atoms with Crippen molar-refractivity contribution in [3.05, 3.63) is 71.6 Å². The number of ketones is 1. The van der Waals surface area contributed by atoms with Gasteiger partial charge in [0.2, 0.25) is 5.78 Å². The van der Waals surface area contributed by atoms with Crippen molar-refractivity contribution in [1.29, 1.82) is 0 Å². The fourth-order valence-electron chi connectivity index (χ4n) is 3.61. The molecule has 0 N–H and O–H groups in total. The van der Waals surface area contributed by atoms with Gasteiger partial charge in [0, 0.05) is 36.2 Å². The number of ether oxygens (including phenoxy) is 3. The van der Waals surface area contributed by atoms with E-state index < -0.39 is 5.97 Å². The van der Waals surface area contributed by atoms with E-state index in [0.717, 1.165) is 48.7 Å². The van der Waals surface area contributed by atoms with E-state index in [-0.39, 0.29) is 18.5 Å². The van der Waals surface area contributed by atoms with Crippen LogP contribution in [0.2, 0.25) is 0 Å². The van der Waals surface area contributed by atoms with Crippen LogP contribution in [0.25, 0.3) is 6.08 Å². The highest BCUT2D eigenvalue weighted by Gasteiger charge is 2.21. The summed E-state index contributed by atoms with van der Waals surface area (Å²) >= 11 is 0. The average molecular weight is 424 g/mol. The van der Waals surface area contributed by atoms with E-state index in [9.17, 15) is 9.59 Å². The molecule has 0 radical (unpaired) electrons. The van der Waals surface area contributed by atoms with Gasteiger partial charge in [-0.3, -0.25) is 4.79 Å². The summed E-state index contributed by atoms with van der Waals surface area (Å²) in [6, 6.07) is 9.13. The summed E-state index contributed by atoms with van der Waals surface area (Å²) in [6.45, 7) is 9.18. The van der Waals surface area contributed by atoms with Crippen LogP contribution in [-0.4, -0.2) is 42.2 Å². The first-order chi connectivity index (χ1) is 15.0. The van der Waals surface area contributed by atoms with Crippen LogP contribution in [0.15, 0.2) is 49.1 Å². The second kappa shape index (κ2) is 10.8. The van der Waals surface area contributed by atoms with E-state index in [1.54, 1.807) is 12.2 Å². The number of aryl methyl sites for hydroxylation is 1. The van der Waals surface area contributed by atoms with Gasteiger partial charge in [-0.25, -0.2) is 4.79 Å². The molecule has 1 aromatic heterocycles. The summed E-state index contributed by atoms with van der Waals surface area (Å²) in [5.41, 5.74) is 3.29. The normalized spacial score (nSPS) is 15.9. The lowest BCUT2D eigenvalue weighted by Gasteiger charge is -2.14. The summed E-state index contributed by atoms with van der Waals surface area (Å²) in [5.74, 6) is -0.0482. The van der Waals surface area contributed by atoms with E-state index in [1.807, 2.05) is 44.2 Å². The molecule has 0 spiro atoms. The van der Waals surface area contributed by atoms with Gasteiger partial charge in [-0.2, -0.15) is 0 Å². The SMILES string of the molecule is C=CCOc1ccc(/C=C/C(=O)OCC(=O)c2cc(C)n(C[C@H]3CCCO3)c2C)cc1. The standard InChI is InChI=1S/C25H29NO5/c1-4-13-29-21-10-7-20(8-11-21)9-12-25(28)31-17-24(27)23-15-18(2)26(19(23)3)16-22-6-5-14-30-22/h4,7-12,15,22H,1,5-6,13-14,16-17H2,2-3H3/b12-9+/t22-/m1/s1. The van der Waals surface area contributed by atoms with Crippen molar-refractivity contribution in [2.45, 2.75) is 39.3 Å². The highest BCUT2D eigenvalue weighted by molar-refractivity contribution is 6.00. The minimum Gasteiger partial charge on any atom is -0.490 e. The predicted molar refractivity (Wildman–Crippen MR) is 119 cm³/mol. The van der Waals surface area contributed by atoms with Gasteiger partial charge in [-0.05, 0) is 56.5 Å². The zero-order valence-electron chi connectivity index (χ0n) is 18.1. The molecular weight excluding hydrogens is 394 g/mol. The minimum atomic E-state index is -0.562. The molecule has 1 aliphatic heterocycles. The summed E-state index contributed by atoms with van der Waals surface area (Å²) in [7, 11) is 0. The zero-order chi connectivity index (χ0) is 22.2. The number of benzene rings is 1. The van der Waals surface area contributed by atoms with Gasteiger partial charge in [-0.15, -0.1) is 0 Å². The Kier molecular flexibility index (Phi) is 7.84. The summed E-state index contributed by atoms with van der Waals surface area (Å²) in [6.07, 6.45) is 6.93. The van der Waals surface area contributed by atoms with E-state index in [0.29, 0.717) is 12.2 Å². The van der Waals surface area contributed by atoms with Crippen molar-refractivity contribution in [2.24, 2.45) is 0 Å². The average Bonchev–Trinajstić information content (AvgIpc) is 3.39. The van der Waals surface area contributed by atoms with Crippen molar-refractivity contribution in [1.82, 2.24) is 4.57 Å². The number of nitrogens with zero attached hydrogens (tertiary/aromatic N) is 1. The van der Waals surface area contributed by atoms with Gasteiger partial charge in [0.25, 0.3) is 0 Å². The van der Waals surface area contributed by atoms with Crippen LogP contribution < -0.4 is 4.74 Å². The fraction of sp³-hybridized carbons (Fsp3) is 0.360. The van der Waals surface area contributed by atoms with Crippen LogP contribution in [0.4, 0.5) is 0 Å². The smallest absolute Gasteiger partial charge is 0.331 e. The van der Waals surface area contributed by atoms with Crippen molar-refractivity contribution in [3.8, 4) is 5.75 Å². The topological polar surface area (TPSA) is 66.8 Å². The first-order valence-electron chi connectivity index (χ1n) is 10.5. The quantitative estimate of drug-likeness (QED) is 0.247. The number of carbonyl (C=O) groups is 2. The lowest BCUT2D eigenvalue weighted by molar-refractivity contribution is -0.136. The van der Waals surface area contributed by atoms with Gasteiger partial charge in [0.15, 0.2) is 6.61 Å². The van der Waals surface area contributed by atoms with Crippen molar-refractivity contribution < 1.29 is 23.8 Å². The first kappa shape index (κ1) is 22.6. The van der Waals surface area contributed by atoms with E-state index in [4.69, 9.17) is 14.2 Å². The molecule has 2 aromatic rings. The van der Waals surface area contributed by atoms with Crippen LogP contribution >= 0.6 is 0 Å². The van der Waals surface area contributed by atoms with Gasteiger partial charge >= 0.3 is 5.97 Å². The molecule has 0 amide bonds. The molecular formula is C25H29NO5. The highest BCUT2D eigenvalue weighted by atomic mass is 16.5. The molecule has 1 saturated heterocycles. The molecule has 0 unspecified atom stereocenters. The Morgan fingerprint density at radius 3 is 2.71 bits per heavy atom. The van der Waals surface area contributed by atoms with Crippen LogP contribution in [0.1, 0.15) is 40.2 Å². The number of hydrogen-bond donors (Lipinski definition) is 0. The maximum absolute atomic E-state index is 12.6. The lowest BCUT2D eigenvalue weighted by atomic mass is 10.1. The van der Waals surface area contributed by atoms with Crippen LogP contribution in [0, 0.1) is 13.8 Å². The number of carbonyl (C=O) groups excluding carboxylic acids is 2. The second-order valence-electron chi connectivity index (χ2n) is 7.56. The molecule has 0 aliphatic carbocycles. The zero-order valence-corrected chi connectivity index (χ0v) is 18.1. The van der Waals surface area contributed by atoms with Gasteiger partial charge in [-0.1, -0.05) is 24.8 Å². The Bertz CT molecular complexity index is 949. The van der Waals surface area contributed by atoms with Crippen LogP contribution in [0.5, 0.6) is 5.75 Å². The van der Waals surface area contributed by atoms with Gasteiger partial charge in [0.05, 0.1) is 6.10 Å². The molecule has 0 bridgehead atoms. The molecule has 6 heteroatoms. The minimum absolute atomic E-state index is 0.193. The van der Waals surface area contributed by atoms with Gasteiger partial charge < -0.3 is 18.8 Å². The second-order valence-corrected chi connectivity index (χ2v) is 7.56. The molecule has 31 heavy (non-hydrogen) atoms. The highest BCUT2D eigenvalue weighted by Crippen LogP contribution is 2.21. The Labute approximate surface area is 183 Å². The molecule has 1 aromatic carbocycles. The monoisotopic (exact) mass is 423 g/mol. The molecule has 6 nitrogen and oxygen atoms in total. The molecule has 2 heterocycles. The summed E-state index contributed by atoms with van der Waals surface area (Å²) in [4.78, 5) is 24.6. The lowest BCUT2D eigenvalue weighted by Crippen LogP contribution is -2.18. The molecule has 3 rings (SSSR count). The van der Waals surface area contributed by atoms with E-state index >= 15 is 0 Å². The summed E-state index contributed by atoms with van der Waals surface area (Å²) < 4.78 is 18.4. The van der Waals surface area contributed by atoms with Crippen molar-refractivity contribution in [3.63, 3.8) is 0 Å². The molecule has 1 atom stereocenters. The third-order valence-corrected chi connectivity index (χ3v) is 5.29. The number of hydrogen-bond acceptors (Lipinski definition) is 5. The van der Waals surface area contributed by atoms with Gasteiger partial charge in [0.1, 0.15) is 12.4 Å². The Morgan fingerprint density at radius 2 is 2.03 bits per heavy atom. The number of Topliss-reactive ketones (excluding diaryl/α,β-unsaturated/α-hetero) is 1. The maximum atomic E-state index is 12.6. The van der Waals surface area contributed by atoms with Crippen LogP contribution in [0.3, 0.4) is 0 Å². The maximum Gasteiger partial charge on any atom is 0.331 e. The molecule has 0 saturated carbocycles. The Morgan fingerprint density at radius 1 is 1.26 bits per heavy atom. The molecule has 164 valence electrons. The molecule has 1 aliphatic rings. The number of esters is 1. The Balaban J connectivity index is 1.52. The van der Waals surface area contributed by atoms with Crippen molar-refractivity contribution in [2.75, 3.05) is 19.8 Å². The predicted octanol–water partition coefficient (Wildman–Crippen LogP) is 4.29. The molecule has 1 fully saturated rings. The fourth-order valence-corrected chi connectivity index (χ4v) is 3.61. The van der Waals surface area contributed by atoms with Crippen molar-refractivity contribution >= 4 is 17.8 Å². The van der Waals surface area contributed by atoms with Crippen LogP contribution in [-0.2, 0) is 20.8 Å². The van der Waals surface area contributed by atoms with E-state index in [1.165, 1.54) is 6.08 Å². The largest absolute Gasteiger partial charge is 0.490 e. The Hall–Kier alpha value is -3.12. The number of aromatic nitrogens is 1.